The molecule has 0 radical (unpaired) electrons. The second-order valence-electron chi connectivity index (χ2n) is 6.83. The third kappa shape index (κ3) is 4.63. The van der Waals surface area contributed by atoms with Crippen LogP contribution in [0.25, 0.3) is 0 Å². The van der Waals surface area contributed by atoms with Gasteiger partial charge in [0.1, 0.15) is 0 Å². The predicted octanol–water partition coefficient (Wildman–Crippen LogP) is 1.66. The number of hydrogen-bond acceptors (Lipinski definition) is 5. The van der Waals surface area contributed by atoms with E-state index >= 15 is 0 Å². The summed E-state index contributed by atoms with van der Waals surface area (Å²) < 4.78 is 23.6. The van der Waals surface area contributed by atoms with E-state index in [-0.39, 0.29) is 5.75 Å². The number of piperazine rings is 1. The molecule has 1 fully saturated rings. The smallest absolute Gasteiger partial charge is 0.193 e. The summed E-state index contributed by atoms with van der Waals surface area (Å²) in [4.78, 5) is 8.86. The van der Waals surface area contributed by atoms with Crippen LogP contribution in [0.1, 0.15) is 20.8 Å². The van der Waals surface area contributed by atoms with Gasteiger partial charge in [0.2, 0.25) is 0 Å². The first-order chi connectivity index (χ1) is 11.2. The van der Waals surface area contributed by atoms with E-state index in [1.165, 1.54) is 5.00 Å². The Labute approximate surface area is 149 Å². The summed E-state index contributed by atoms with van der Waals surface area (Å²) in [6, 6.07) is 4.22. The van der Waals surface area contributed by atoms with Gasteiger partial charge in [0.05, 0.1) is 15.5 Å². The van der Waals surface area contributed by atoms with Crippen LogP contribution < -0.4 is 10.2 Å². The Bertz CT molecular complexity index is 640. The molecule has 1 aliphatic heterocycles. The highest BCUT2D eigenvalue weighted by molar-refractivity contribution is 7.92. The SMILES string of the molecule is CN=C(NCCS(=O)(=O)C(C)(C)C)N1CCN(c2cccs2)CC1. The van der Waals surface area contributed by atoms with Crippen molar-refractivity contribution in [2.24, 2.45) is 4.99 Å². The van der Waals surface area contributed by atoms with Gasteiger partial charge in [-0.3, -0.25) is 4.99 Å². The average molecular weight is 373 g/mol. The van der Waals surface area contributed by atoms with E-state index in [1.54, 1.807) is 39.2 Å². The topological polar surface area (TPSA) is 65.0 Å². The van der Waals surface area contributed by atoms with Crippen molar-refractivity contribution in [2.75, 3.05) is 50.4 Å². The molecule has 0 bridgehead atoms. The van der Waals surface area contributed by atoms with Crippen molar-refractivity contribution >= 4 is 32.1 Å². The van der Waals surface area contributed by atoms with Crippen molar-refractivity contribution < 1.29 is 8.42 Å². The molecular formula is C16H28N4O2S2. The number of guanidine groups is 1. The summed E-state index contributed by atoms with van der Waals surface area (Å²) >= 11 is 1.76. The summed E-state index contributed by atoms with van der Waals surface area (Å²) in [6.07, 6.45) is 0. The van der Waals surface area contributed by atoms with Gasteiger partial charge in [-0.15, -0.1) is 11.3 Å². The zero-order valence-electron chi connectivity index (χ0n) is 14.9. The van der Waals surface area contributed by atoms with Gasteiger partial charge >= 0.3 is 0 Å². The van der Waals surface area contributed by atoms with Crippen LogP contribution >= 0.6 is 11.3 Å². The Morgan fingerprint density at radius 3 is 2.46 bits per heavy atom. The number of sulfone groups is 1. The summed E-state index contributed by atoms with van der Waals surface area (Å²) in [5, 5.41) is 6.59. The molecule has 0 unspecified atom stereocenters. The van der Waals surface area contributed by atoms with Crippen LogP contribution in [0.2, 0.25) is 0 Å². The zero-order valence-corrected chi connectivity index (χ0v) is 16.6. The molecule has 0 aliphatic carbocycles. The molecule has 1 N–H and O–H groups in total. The Hall–Kier alpha value is -1.28. The molecule has 8 heteroatoms. The molecule has 2 heterocycles. The molecule has 1 aliphatic rings. The van der Waals surface area contributed by atoms with Gasteiger partial charge in [-0.1, -0.05) is 0 Å². The maximum absolute atomic E-state index is 12.2. The third-order valence-corrected chi connectivity index (χ3v) is 7.73. The highest BCUT2D eigenvalue weighted by atomic mass is 32.2. The molecule has 136 valence electrons. The van der Waals surface area contributed by atoms with E-state index in [4.69, 9.17) is 0 Å². The van der Waals surface area contributed by atoms with E-state index < -0.39 is 14.6 Å². The number of anilines is 1. The second-order valence-corrected chi connectivity index (χ2v) is 10.6. The van der Waals surface area contributed by atoms with Gasteiger partial charge < -0.3 is 15.1 Å². The minimum atomic E-state index is -3.11. The summed E-state index contributed by atoms with van der Waals surface area (Å²) in [7, 11) is -1.37. The molecule has 0 atom stereocenters. The quantitative estimate of drug-likeness (QED) is 0.643. The number of hydrogen-bond donors (Lipinski definition) is 1. The average Bonchev–Trinajstić information content (AvgIpc) is 3.05. The van der Waals surface area contributed by atoms with E-state index in [9.17, 15) is 8.42 Å². The molecule has 2 rings (SSSR count). The molecule has 0 amide bonds. The number of thiophene rings is 1. The van der Waals surface area contributed by atoms with Gasteiger partial charge in [-0.2, -0.15) is 0 Å². The third-order valence-electron chi connectivity index (χ3n) is 4.20. The molecule has 6 nitrogen and oxygen atoms in total. The number of nitrogens with one attached hydrogen (secondary N) is 1. The van der Waals surface area contributed by atoms with Crippen LogP contribution in [-0.2, 0) is 9.84 Å². The predicted molar refractivity (Wildman–Crippen MR) is 103 cm³/mol. The number of rotatable bonds is 4. The van der Waals surface area contributed by atoms with E-state index in [0.717, 1.165) is 32.1 Å². The monoisotopic (exact) mass is 372 g/mol. The Balaban J connectivity index is 1.83. The minimum absolute atomic E-state index is 0.116. The van der Waals surface area contributed by atoms with Crippen molar-refractivity contribution in [3.63, 3.8) is 0 Å². The molecule has 1 saturated heterocycles. The number of aliphatic imine (C=N–C) groups is 1. The lowest BCUT2D eigenvalue weighted by molar-refractivity contribution is 0.374. The zero-order chi connectivity index (χ0) is 17.8. The highest BCUT2D eigenvalue weighted by Crippen LogP contribution is 2.22. The lowest BCUT2D eigenvalue weighted by Crippen LogP contribution is -2.53. The standard InChI is InChI=1S/C16H28N4O2S2/c1-16(2,3)24(21,22)13-7-18-15(17-4)20-10-8-19(9-11-20)14-6-5-12-23-14/h5-6,12H,7-11,13H2,1-4H3,(H,17,18). The van der Waals surface area contributed by atoms with E-state index in [0.29, 0.717) is 6.54 Å². The van der Waals surface area contributed by atoms with Crippen LogP contribution in [-0.4, -0.2) is 69.5 Å². The largest absolute Gasteiger partial charge is 0.360 e. The van der Waals surface area contributed by atoms with Gasteiger partial charge in [-0.05, 0) is 38.3 Å². The minimum Gasteiger partial charge on any atom is -0.360 e. The maximum atomic E-state index is 12.2. The second kappa shape index (κ2) is 7.74. The van der Waals surface area contributed by atoms with Crippen LogP contribution in [0.5, 0.6) is 0 Å². The van der Waals surface area contributed by atoms with Crippen molar-refractivity contribution in [2.45, 2.75) is 25.5 Å². The maximum Gasteiger partial charge on any atom is 0.193 e. The normalized spacial score (nSPS) is 17.2. The molecule has 1 aromatic heterocycles. The van der Waals surface area contributed by atoms with Crippen LogP contribution in [0.3, 0.4) is 0 Å². The van der Waals surface area contributed by atoms with Gasteiger partial charge in [-0.25, -0.2) is 8.42 Å². The van der Waals surface area contributed by atoms with Crippen molar-refractivity contribution in [3.8, 4) is 0 Å². The lowest BCUT2D eigenvalue weighted by Gasteiger charge is -2.37. The van der Waals surface area contributed by atoms with E-state index in [1.807, 2.05) is 0 Å². The van der Waals surface area contributed by atoms with Crippen molar-refractivity contribution in [1.29, 1.82) is 0 Å². The molecule has 1 aromatic rings. The molecule has 0 saturated carbocycles. The summed E-state index contributed by atoms with van der Waals surface area (Å²) in [5.41, 5.74) is 0. The first kappa shape index (κ1) is 19.1. The van der Waals surface area contributed by atoms with E-state index in [2.05, 4.69) is 37.6 Å². The summed E-state index contributed by atoms with van der Waals surface area (Å²) in [6.45, 7) is 9.25. The van der Waals surface area contributed by atoms with Crippen LogP contribution in [0, 0.1) is 0 Å². The first-order valence-electron chi connectivity index (χ1n) is 8.21. The van der Waals surface area contributed by atoms with Crippen molar-refractivity contribution in [1.82, 2.24) is 10.2 Å². The van der Waals surface area contributed by atoms with Gasteiger partial charge in [0, 0.05) is 39.8 Å². The van der Waals surface area contributed by atoms with Gasteiger partial charge in [0.15, 0.2) is 15.8 Å². The molecule has 24 heavy (non-hydrogen) atoms. The fraction of sp³-hybridized carbons (Fsp3) is 0.688. The Morgan fingerprint density at radius 1 is 1.29 bits per heavy atom. The fourth-order valence-electron chi connectivity index (χ4n) is 2.52. The molecular weight excluding hydrogens is 344 g/mol. The molecule has 0 spiro atoms. The van der Waals surface area contributed by atoms with Crippen LogP contribution in [0.4, 0.5) is 5.00 Å². The Morgan fingerprint density at radius 2 is 1.96 bits per heavy atom. The van der Waals surface area contributed by atoms with Gasteiger partial charge in [0.25, 0.3) is 0 Å². The fourth-order valence-corrected chi connectivity index (χ4v) is 4.29. The lowest BCUT2D eigenvalue weighted by atomic mass is 10.3. The molecule has 0 aromatic carbocycles. The Kier molecular flexibility index (Phi) is 6.14. The van der Waals surface area contributed by atoms with Crippen LogP contribution in [0.15, 0.2) is 22.5 Å². The van der Waals surface area contributed by atoms with Crippen molar-refractivity contribution in [3.05, 3.63) is 17.5 Å². The highest BCUT2D eigenvalue weighted by Gasteiger charge is 2.28. The number of nitrogens with zero attached hydrogens (tertiary/aromatic N) is 3. The summed E-state index contributed by atoms with van der Waals surface area (Å²) in [5.74, 6) is 0.898. The first-order valence-corrected chi connectivity index (χ1v) is 10.7.